The predicted octanol–water partition coefficient (Wildman–Crippen LogP) is 0.679. The van der Waals surface area contributed by atoms with Crippen LogP contribution in [-0.4, -0.2) is 40.6 Å². The molecule has 0 aromatic heterocycles. The molecule has 0 saturated heterocycles. The lowest BCUT2D eigenvalue weighted by atomic mass is 10.3. The first-order valence-electron chi connectivity index (χ1n) is 7.17. The summed E-state index contributed by atoms with van der Waals surface area (Å²) in [6, 6.07) is 6.02. The number of nitrogens with two attached hydrogens (primary N) is 1. The lowest BCUT2D eigenvalue weighted by molar-refractivity contribution is -0.120. The Hall–Kier alpha value is -1.48. The van der Waals surface area contributed by atoms with Crippen LogP contribution < -0.4 is 15.8 Å². The van der Waals surface area contributed by atoms with Crippen LogP contribution in [0.5, 0.6) is 0 Å². The second kappa shape index (κ2) is 9.52. The number of carbonyl (C=O) groups is 1. The highest BCUT2D eigenvalue weighted by Gasteiger charge is 2.14. The van der Waals surface area contributed by atoms with Crippen molar-refractivity contribution in [2.75, 3.05) is 31.6 Å². The van der Waals surface area contributed by atoms with Gasteiger partial charge in [-0.25, -0.2) is 13.1 Å². The van der Waals surface area contributed by atoms with Crippen molar-refractivity contribution in [3.05, 3.63) is 24.3 Å². The molecule has 8 heteroatoms. The van der Waals surface area contributed by atoms with E-state index < -0.39 is 10.0 Å². The fourth-order valence-electron chi connectivity index (χ4n) is 1.63. The summed E-state index contributed by atoms with van der Waals surface area (Å²) in [6.07, 6.45) is 1.89. The molecule has 1 rings (SSSR count). The number of nitrogens with one attached hydrogen (secondary N) is 2. The molecule has 0 unspecified atom stereocenters. The largest absolute Gasteiger partial charge is 0.372 e. The molecule has 1 aromatic rings. The lowest BCUT2D eigenvalue weighted by Crippen LogP contribution is -2.29. The average molecular weight is 329 g/mol. The second-order valence-electron chi connectivity index (χ2n) is 4.67. The summed E-state index contributed by atoms with van der Waals surface area (Å²) < 4.78 is 31.5. The number of unbranched alkanes of at least 4 members (excludes halogenated alkanes) is 1. The zero-order valence-corrected chi connectivity index (χ0v) is 13.5. The van der Waals surface area contributed by atoms with Gasteiger partial charge in [0.05, 0.1) is 4.90 Å². The Balaban J connectivity index is 2.62. The highest BCUT2D eigenvalue weighted by atomic mass is 32.2. The van der Waals surface area contributed by atoms with Crippen LogP contribution in [0.4, 0.5) is 5.69 Å². The van der Waals surface area contributed by atoms with Gasteiger partial charge >= 0.3 is 0 Å². The monoisotopic (exact) mass is 329 g/mol. The third kappa shape index (κ3) is 6.52. The molecule has 0 bridgehead atoms. The van der Waals surface area contributed by atoms with Gasteiger partial charge in [-0.1, -0.05) is 19.4 Å². The molecule has 0 fully saturated rings. The highest BCUT2D eigenvalue weighted by Crippen LogP contribution is 2.15. The number of hydrogen-bond donors (Lipinski definition) is 3. The summed E-state index contributed by atoms with van der Waals surface area (Å²) in [5.74, 6) is -0.319. The van der Waals surface area contributed by atoms with Crippen molar-refractivity contribution < 1.29 is 17.9 Å². The third-order valence-corrected chi connectivity index (χ3v) is 4.20. The highest BCUT2D eigenvalue weighted by molar-refractivity contribution is 7.89. The van der Waals surface area contributed by atoms with E-state index in [-0.39, 0.29) is 30.5 Å². The number of amides is 1. The van der Waals surface area contributed by atoms with Crippen molar-refractivity contribution in [3.63, 3.8) is 0 Å². The molecule has 0 atom stereocenters. The number of carbonyl (C=O) groups excluding carboxylic acids is 1. The van der Waals surface area contributed by atoms with E-state index in [1.165, 1.54) is 12.1 Å². The number of rotatable bonds is 10. The number of anilines is 1. The zero-order chi connectivity index (χ0) is 16.4. The zero-order valence-electron chi connectivity index (χ0n) is 12.7. The maximum absolute atomic E-state index is 12.0. The molecule has 1 aromatic carbocycles. The van der Waals surface area contributed by atoms with Crippen LogP contribution in [0.3, 0.4) is 0 Å². The van der Waals surface area contributed by atoms with Crippen LogP contribution >= 0.6 is 0 Å². The fourth-order valence-corrected chi connectivity index (χ4v) is 2.72. The molecule has 0 heterocycles. The van der Waals surface area contributed by atoms with E-state index in [9.17, 15) is 13.2 Å². The normalized spacial score (nSPS) is 11.4. The molecule has 0 aliphatic carbocycles. The average Bonchev–Trinajstić information content (AvgIpc) is 2.50. The number of benzene rings is 1. The van der Waals surface area contributed by atoms with Gasteiger partial charge in [0.15, 0.2) is 0 Å². The molecule has 0 aliphatic heterocycles. The van der Waals surface area contributed by atoms with Crippen molar-refractivity contribution in [1.82, 2.24) is 4.72 Å². The molecule has 0 radical (unpaired) electrons. The van der Waals surface area contributed by atoms with Crippen LogP contribution in [0.15, 0.2) is 29.2 Å². The third-order valence-electron chi connectivity index (χ3n) is 2.74. The Morgan fingerprint density at radius 2 is 2.14 bits per heavy atom. The van der Waals surface area contributed by atoms with E-state index in [4.69, 9.17) is 10.5 Å². The van der Waals surface area contributed by atoms with Gasteiger partial charge in [0.2, 0.25) is 15.9 Å². The summed E-state index contributed by atoms with van der Waals surface area (Å²) in [4.78, 5) is 11.8. The fraction of sp³-hybridized carbons (Fsp3) is 0.500. The smallest absolute Gasteiger partial charge is 0.250 e. The first-order chi connectivity index (χ1) is 10.5. The topological polar surface area (TPSA) is 111 Å². The molecule has 0 aliphatic rings. The summed E-state index contributed by atoms with van der Waals surface area (Å²) >= 11 is 0. The maximum Gasteiger partial charge on any atom is 0.250 e. The minimum Gasteiger partial charge on any atom is -0.372 e. The van der Waals surface area contributed by atoms with E-state index in [0.29, 0.717) is 12.3 Å². The SMILES string of the molecule is CCCCOCC(=O)Nc1cccc(S(=O)(=O)NCCN)c1. The number of ether oxygens (including phenoxy) is 1. The van der Waals surface area contributed by atoms with Gasteiger partial charge in [-0.2, -0.15) is 0 Å². The quantitative estimate of drug-likeness (QED) is 0.547. The molecular weight excluding hydrogens is 306 g/mol. The van der Waals surface area contributed by atoms with Crippen LogP contribution in [0.1, 0.15) is 19.8 Å². The Labute approximate surface area is 131 Å². The van der Waals surface area contributed by atoms with Gasteiger partial charge in [-0.15, -0.1) is 0 Å². The van der Waals surface area contributed by atoms with Crippen LogP contribution in [0, 0.1) is 0 Å². The Kier molecular flexibility index (Phi) is 8.03. The van der Waals surface area contributed by atoms with E-state index in [1.807, 2.05) is 6.92 Å². The van der Waals surface area contributed by atoms with Gasteiger partial charge in [0, 0.05) is 25.4 Å². The van der Waals surface area contributed by atoms with Gasteiger partial charge in [-0.3, -0.25) is 4.79 Å². The predicted molar refractivity (Wildman–Crippen MR) is 85.0 cm³/mol. The summed E-state index contributed by atoms with van der Waals surface area (Å²) in [5, 5.41) is 2.61. The van der Waals surface area contributed by atoms with E-state index in [1.54, 1.807) is 12.1 Å². The standard InChI is InChI=1S/C14H23N3O4S/c1-2-3-9-21-11-14(18)17-12-5-4-6-13(10-12)22(19,20)16-8-7-15/h4-6,10,16H,2-3,7-9,11,15H2,1H3,(H,17,18). The summed E-state index contributed by atoms with van der Waals surface area (Å²) in [6.45, 7) is 2.88. The van der Waals surface area contributed by atoms with E-state index in [0.717, 1.165) is 12.8 Å². The summed E-state index contributed by atoms with van der Waals surface area (Å²) in [7, 11) is -3.62. The van der Waals surface area contributed by atoms with Crippen molar-refractivity contribution in [3.8, 4) is 0 Å². The Morgan fingerprint density at radius 3 is 2.82 bits per heavy atom. The lowest BCUT2D eigenvalue weighted by Gasteiger charge is -2.09. The number of sulfonamides is 1. The summed E-state index contributed by atoms with van der Waals surface area (Å²) in [5.41, 5.74) is 5.68. The van der Waals surface area contributed by atoms with E-state index >= 15 is 0 Å². The van der Waals surface area contributed by atoms with Crippen LogP contribution in [0.2, 0.25) is 0 Å². The van der Waals surface area contributed by atoms with Crippen molar-refractivity contribution in [1.29, 1.82) is 0 Å². The minimum absolute atomic E-state index is 0.0532. The molecule has 0 saturated carbocycles. The van der Waals surface area contributed by atoms with Crippen molar-refractivity contribution >= 4 is 21.6 Å². The van der Waals surface area contributed by atoms with Crippen molar-refractivity contribution in [2.45, 2.75) is 24.7 Å². The first kappa shape index (κ1) is 18.6. The second-order valence-corrected chi connectivity index (χ2v) is 6.44. The van der Waals surface area contributed by atoms with E-state index in [2.05, 4.69) is 10.0 Å². The minimum atomic E-state index is -3.62. The molecule has 4 N–H and O–H groups in total. The van der Waals surface area contributed by atoms with Crippen molar-refractivity contribution in [2.24, 2.45) is 5.73 Å². The number of hydrogen-bond acceptors (Lipinski definition) is 5. The molecule has 1 amide bonds. The van der Waals surface area contributed by atoms with Crippen LogP contribution in [-0.2, 0) is 19.6 Å². The molecule has 124 valence electrons. The van der Waals surface area contributed by atoms with Crippen LogP contribution in [0.25, 0.3) is 0 Å². The van der Waals surface area contributed by atoms with Gasteiger partial charge < -0.3 is 15.8 Å². The molecular formula is C14H23N3O4S. The van der Waals surface area contributed by atoms with Gasteiger partial charge in [0.25, 0.3) is 0 Å². The molecule has 22 heavy (non-hydrogen) atoms. The van der Waals surface area contributed by atoms with Gasteiger partial charge in [-0.05, 0) is 24.6 Å². The molecule has 0 spiro atoms. The Morgan fingerprint density at radius 1 is 1.36 bits per heavy atom. The first-order valence-corrected chi connectivity index (χ1v) is 8.65. The maximum atomic E-state index is 12.0. The Bertz CT molecular complexity index is 575. The molecule has 7 nitrogen and oxygen atoms in total. The van der Waals surface area contributed by atoms with Gasteiger partial charge in [0.1, 0.15) is 6.61 Å².